The molecule has 1 aliphatic heterocycles. The number of amides is 1. The zero-order chi connectivity index (χ0) is 12.5. The topological polar surface area (TPSA) is 54.0 Å². The Bertz CT molecular complexity index is 622. The van der Waals surface area contributed by atoms with E-state index in [0.29, 0.717) is 12.1 Å². The Morgan fingerprint density at radius 2 is 2.11 bits per heavy atom. The Morgan fingerprint density at radius 3 is 2.94 bits per heavy atom. The van der Waals surface area contributed by atoms with Gasteiger partial charge in [-0.1, -0.05) is 25.1 Å². The molecule has 1 aromatic carbocycles. The van der Waals surface area contributed by atoms with Crippen LogP contribution in [0.4, 0.5) is 5.69 Å². The van der Waals surface area contributed by atoms with Crippen molar-refractivity contribution in [3.05, 3.63) is 35.5 Å². The van der Waals surface area contributed by atoms with Crippen LogP contribution < -0.4 is 10.6 Å². The summed E-state index contributed by atoms with van der Waals surface area (Å²) in [5.74, 6) is -0.0497. The first-order chi connectivity index (χ1) is 8.81. The summed E-state index contributed by atoms with van der Waals surface area (Å²) in [6.45, 7) is 3.50. The Balaban J connectivity index is 2.31. The first-order valence-electron chi connectivity index (χ1n) is 6.24. The van der Waals surface area contributed by atoms with Gasteiger partial charge in [0.05, 0.1) is 16.8 Å². The summed E-state index contributed by atoms with van der Waals surface area (Å²) < 4.78 is 0. The molecule has 1 aromatic heterocycles. The van der Waals surface area contributed by atoms with Crippen molar-refractivity contribution in [1.82, 2.24) is 10.3 Å². The molecule has 0 aliphatic carbocycles. The zero-order valence-corrected chi connectivity index (χ0v) is 10.3. The smallest absolute Gasteiger partial charge is 0.255 e. The van der Waals surface area contributed by atoms with E-state index in [1.54, 1.807) is 6.20 Å². The number of benzene rings is 1. The zero-order valence-electron chi connectivity index (χ0n) is 10.3. The van der Waals surface area contributed by atoms with Gasteiger partial charge in [0.2, 0.25) is 0 Å². The Labute approximate surface area is 105 Å². The van der Waals surface area contributed by atoms with Crippen LogP contribution in [0.5, 0.6) is 0 Å². The van der Waals surface area contributed by atoms with Crippen LogP contribution in [0.1, 0.15) is 22.8 Å². The largest absolute Gasteiger partial charge is 0.382 e. The van der Waals surface area contributed by atoms with Crippen molar-refractivity contribution < 1.29 is 4.79 Å². The van der Waals surface area contributed by atoms with Crippen LogP contribution in [0.2, 0.25) is 0 Å². The molecule has 4 nitrogen and oxygen atoms in total. The second-order valence-electron chi connectivity index (χ2n) is 4.40. The van der Waals surface area contributed by atoms with Gasteiger partial charge in [-0.25, -0.2) is 0 Å². The molecule has 0 saturated heterocycles. The van der Waals surface area contributed by atoms with Crippen LogP contribution in [0.25, 0.3) is 10.9 Å². The monoisotopic (exact) mass is 241 g/mol. The molecule has 2 N–H and O–H groups in total. The van der Waals surface area contributed by atoms with E-state index in [9.17, 15) is 4.79 Å². The van der Waals surface area contributed by atoms with Gasteiger partial charge in [0, 0.05) is 24.7 Å². The van der Waals surface area contributed by atoms with Crippen LogP contribution in [0, 0.1) is 0 Å². The molecule has 0 unspecified atom stereocenters. The highest BCUT2D eigenvalue weighted by atomic mass is 16.1. The number of nitrogens with one attached hydrogen (secondary N) is 2. The summed E-state index contributed by atoms with van der Waals surface area (Å²) >= 11 is 0. The molecule has 0 fully saturated rings. The van der Waals surface area contributed by atoms with E-state index in [0.717, 1.165) is 29.6 Å². The molecular weight excluding hydrogens is 226 g/mol. The number of carbonyl (C=O) groups is 1. The Kier molecular flexibility index (Phi) is 2.63. The number of aromatic nitrogens is 1. The highest BCUT2D eigenvalue weighted by Crippen LogP contribution is 2.28. The summed E-state index contributed by atoms with van der Waals surface area (Å²) in [6, 6.07) is 6.12. The van der Waals surface area contributed by atoms with Crippen molar-refractivity contribution in [2.75, 3.05) is 18.4 Å². The number of fused-ring (bicyclic) bond motifs is 3. The number of nitrogens with zero attached hydrogens (tertiary/aromatic N) is 1. The maximum absolute atomic E-state index is 11.9. The van der Waals surface area contributed by atoms with Crippen molar-refractivity contribution in [3.8, 4) is 0 Å². The minimum atomic E-state index is -0.0497. The van der Waals surface area contributed by atoms with Gasteiger partial charge in [0.1, 0.15) is 0 Å². The lowest BCUT2D eigenvalue weighted by Crippen LogP contribution is -2.24. The highest BCUT2D eigenvalue weighted by Gasteiger charge is 2.18. The standard InChI is InChI=1S/C14H15N3O/c1-2-9-4-3-5-10-12(9)17-8-11-13(10)15-6-7-16-14(11)18/h3-5,8,15H,2,6-7H2,1H3,(H,16,18). The maximum atomic E-state index is 11.9. The molecule has 92 valence electrons. The fourth-order valence-electron chi connectivity index (χ4n) is 2.39. The number of pyridine rings is 1. The van der Waals surface area contributed by atoms with Crippen molar-refractivity contribution in [1.29, 1.82) is 0 Å². The van der Waals surface area contributed by atoms with Crippen LogP contribution in [0.15, 0.2) is 24.4 Å². The summed E-state index contributed by atoms with van der Waals surface area (Å²) in [5.41, 5.74) is 3.74. The van der Waals surface area contributed by atoms with Gasteiger partial charge in [-0.05, 0) is 12.0 Å². The van der Waals surface area contributed by atoms with E-state index in [2.05, 4.69) is 28.6 Å². The predicted octanol–water partition coefficient (Wildman–Crippen LogP) is 1.95. The normalized spacial score (nSPS) is 14.6. The van der Waals surface area contributed by atoms with E-state index in [1.165, 1.54) is 5.56 Å². The summed E-state index contributed by atoms with van der Waals surface area (Å²) in [7, 11) is 0. The second-order valence-corrected chi connectivity index (χ2v) is 4.40. The lowest BCUT2D eigenvalue weighted by atomic mass is 10.0. The van der Waals surface area contributed by atoms with Gasteiger partial charge < -0.3 is 10.6 Å². The first kappa shape index (κ1) is 11.0. The van der Waals surface area contributed by atoms with E-state index in [-0.39, 0.29) is 5.91 Å². The molecule has 18 heavy (non-hydrogen) atoms. The van der Waals surface area contributed by atoms with E-state index in [4.69, 9.17) is 0 Å². The second kappa shape index (κ2) is 4.29. The minimum Gasteiger partial charge on any atom is -0.382 e. The van der Waals surface area contributed by atoms with Crippen molar-refractivity contribution in [2.45, 2.75) is 13.3 Å². The molecule has 1 amide bonds. The predicted molar refractivity (Wildman–Crippen MR) is 71.9 cm³/mol. The molecule has 2 heterocycles. The van der Waals surface area contributed by atoms with Gasteiger partial charge in [0.15, 0.2) is 0 Å². The maximum Gasteiger partial charge on any atom is 0.255 e. The third-order valence-electron chi connectivity index (χ3n) is 3.32. The number of anilines is 1. The third-order valence-corrected chi connectivity index (χ3v) is 3.32. The first-order valence-corrected chi connectivity index (χ1v) is 6.24. The summed E-state index contributed by atoms with van der Waals surface area (Å²) in [6.07, 6.45) is 2.61. The van der Waals surface area contributed by atoms with E-state index in [1.807, 2.05) is 12.1 Å². The van der Waals surface area contributed by atoms with Crippen LogP contribution in [0.3, 0.4) is 0 Å². The molecule has 3 rings (SSSR count). The van der Waals surface area contributed by atoms with Crippen LogP contribution in [-0.2, 0) is 6.42 Å². The summed E-state index contributed by atoms with van der Waals surface area (Å²) in [4.78, 5) is 16.4. The quantitative estimate of drug-likeness (QED) is 0.802. The molecule has 0 spiro atoms. The molecule has 2 aromatic rings. The molecule has 0 saturated carbocycles. The van der Waals surface area contributed by atoms with Crippen molar-refractivity contribution in [3.63, 3.8) is 0 Å². The number of para-hydroxylation sites is 1. The fraction of sp³-hybridized carbons (Fsp3) is 0.286. The number of carbonyl (C=O) groups excluding carboxylic acids is 1. The molecular formula is C14H15N3O. The van der Waals surface area contributed by atoms with Gasteiger partial charge >= 0.3 is 0 Å². The molecule has 4 heteroatoms. The lowest BCUT2D eigenvalue weighted by Gasteiger charge is -2.11. The lowest BCUT2D eigenvalue weighted by molar-refractivity contribution is 0.0958. The minimum absolute atomic E-state index is 0.0497. The average Bonchev–Trinajstić information content (AvgIpc) is 2.60. The number of aryl methyl sites for hydroxylation is 1. The number of rotatable bonds is 1. The fourth-order valence-corrected chi connectivity index (χ4v) is 2.39. The number of hydrogen-bond acceptors (Lipinski definition) is 3. The van der Waals surface area contributed by atoms with Gasteiger partial charge in [-0.2, -0.15) is 0 Å². The molecule has 0 atom stereocenters. The van der Waals surface area contributed by atoms with Gasteiger partial charge in [-0.15, -0.1) is 0 Å². The summed E-state index contributed by atoms with van der Waals surface area (Å²) in [5, 5.41) is 7.21. The average molecular weight is 241 g/mol. The SMILES string of the molecule is CCc1cccc2c3c(cnc12)C(=O)NCCN3. The van der Waals surface area contributed by atoms with Crippen LogP contribution in [-0.4, -0.2) is 24.0 Å². The number of hydrogen-bond donors (Lipinski definition) is 2. The van der Waals surface area contributed by atoms with Gasteiger partial charge in [-0.3, -0.25) is 9.78 Å². The van der Waals surface area contributed by atoms with Crippen molar-refractivity contribution in [2.24, 2.45) is 0 Å². The highest BCUT2D eigenvalue weighted by molar-refractivity contribution is 6.08. The van der Waals surface area contributed by atoms with E-state index >= 15 is 0 Å². The molecule has 1 aliphatic rings. The third kappa shape index (κ3) is 1.61. The Morgan fingerprint density at radius 1 is 1.28 bits per heavy atom. The molecule has 0 radical (unpaired) electrons. The van der Waals surface area contributed by atoms with Gasteiger partial charge in [0.25, 0.3) is 5.91 Å². The molecule has 0 bridgehead atoms. The van der Waals surface area contributed by atoms with Crippen LogP contribution >= 0.6 is 0 Å². The Hall–Kier alpha value is -2.10. The van der Waals surface area contributed by atoms with E-state index < -0.39 is 0 Å². The van der Waals surface area contributed by atoms with Crippen molar-refractivity contribution >= 4 is 22.5 Å².